The summed E-state index contributed by atoms with van der Waals surface area (Å²) in [4.78, 5) is 5.60. The molecule has 1 aromatic carbocycles. The lowest BCUT2D eigenvalue weighted by Gasteiger charge is -2.16. The van der Waals surface area contributed by atoms with Gasteiger partial charge < -0.3 is 4.57 Å². The number of rotatable bonds is 6. The first kappa shape index (κ1) is 14.6. The second kappa shape index (κ2) is 7.09. The molecular weight excluding hydrogens is 324 g/mol. The van der Waals surface area contributed by atoms with E-state index in [1.165, 1.54) is 4.90 Å². The van der Waals surface area contributed by atoms with E-state index < -0.39 is 0 Å². The van der Waals surface area contributed by atoms with Gasteiger partial charge in [0.15, 0.2) is 0 Å². The molecule has 2 aromatic rings. The van der Waals surface area contributed by atoms with E-state index in [1.54, 1.807) is 11.8 Å². The summed E-state index contributed by atoms with van der Waals surface area (Å²) in [6.07, 6.45) is 3.79. The topological polar surface area (TPSA) is 55.9 Å². The van der Waals surface area contributed by atoms with Crippen molar-refractivity contribution in [3.05, 3.63) is 47.0 Å². The number of nitrogens with one attached hydrogen (secondary N) is 1. The number of imidazole rings is 1. The van der Waals surface area contributed by atoms with Gasteiger partial charge in [-0.05, 0) is 31.2 Å². The number of hydrogen-bond acceptors (Lipinski definition) is 4. The first-order valence-electron chi connectivity index (χ1n) is 6.10. The molecule has 1 aromatic heterocycles. The minimum atomic E-state index is 0.0450. The second-order valence-corrected chi connectivity index (χ2v) is 6.06. The van der Waals surface area contributed by atoms with Crippen molar-refractivity contribution in [2.45, 2.75) is 24.4 Å². The molecular formula is C13H17BrN4S. The highest BCUT2D eigenvalue weighted by atomic mass is 79.9. The van der Waals surface area contributed by atoms with Crippen LogP contribution in [0.4, 0.5) is 0 Å². The summed E-state index contributed by atoms with van der Waals surface area (Å²) in [6, 6.07) is 8.31. The van der Waals surface area contributed by atoms with Crippen LogP contribution in [0.1, 0.15) is 18.8 Å². The lowest BCUT2D eigenvalue weighted by atomic mass is 10.3. The van der Waals surface area contributed by atoms with Crippen molar-refractivity contribution in [3.63, 3.8) is 0 Å². The van der Waals surface area contributed by atoms with Gasteiger partial charge in [-0.3, -0.25) is 5.84 Å². The highest BCUT2D eigenvalue weighted by Gasteiger charge is 2.15. The van der Waals surface area contributed by atoms with Crippen LogP contribution in [0.15, 0.2) is 46.0 Å². The van der Waals surface area contributed by atoms with Crippen molar-refractivity contribution in [1.29, 1.82) is 0 Å². The summed E-state index contributed by atoms with van der Waals surface area (Å²) < 4.78 is 3.19. The predicted octanol–water partition coefficient (Wildman–Crippen LogP) is 2.96. The average molecular weight is 341 g/mol. The van der Waals surface area contributed by atoms with E-state index in [-0.39, 0.29) is 6.04 Å². The van der Waals surface area contributed by atoms with Gasteiger partial charge in [-0.1, -0.05) is 15.9 Å². The second-order valence-electron chi connectivity index (χ2n) is 4.06. The van der Waals surface area contributed by atoms with E-state index in [0.29, 0.717) is 0 Å². The maximum absolute atomic E-state index is 5.65. The number of nitrogens with two attached hydrogens (primary N) is 1. The van der Waals surface area contributed by atoms with Crippen molar-refractivity contribution in [3.8, 4) is 0 Å². The van der Waals surface area contributed by atoms with Crippen LogP contribution in [0.3, 0.4) is 0 Å². The third-order valence-electron chi connectivity index (χ3n) is 2.83. The van der Waals surface area contributed by atoms with E-state index in [1.807, 2.05) is 24.5 Å². The van der Waals surface area contributed by atoms with Gasteiger partial charge in [0.25, 0.3) is 0 Å². The Hall–Kier alpha value is -0.820. The summed E-state index contributed by atoms with van der Waals surface area (Å²) in [5, 5.41) is 0. The molecule has 102 valence electrons. The van der Waals surface area contributed by atoms with Gasteiger partial charge in [-0.15, -0.1) is 11.8 Å². The molecule has 1 heterocycles. The molecule has 19 heavy (non-hydrogen) atoms. The minimum absolute atomic E-state index is 0.0450. The number of thioether (sulfide) groups is 1. The molecule has 4 nitrogen and oxygen atoms in total. The monoisotopic (exact) mass is 340 g/mol. The number of nitrogens with zero attached hydrogens (tertiary/aromatic N) is 2. The number of aromatic nitrogens is 2. The van der Waals surface area contributed by atoms with Crippen molar-refractivity contribution in [1.82, 2.24) is 15.0 Å². The van der Waals surface area contributed by atoms with E-state index in [0.717, 1.165) is 22.6 Å². The Morgan fingerprint density at radius 2 is 2.16 bits per heavy atom. The molecule has 0 amide bonds. The molecule has 0 saturated carbocycles. The summed E-state index contributed by atoms with van der Waals surface area (Å²) in [5.74, 6) is 7.48. The van der Waals surface area contributed by atoms with Gasteiger partial charge in [0.1, 0.15) is 5.82 Å². The van der Waals surface area contributed by atoms with Crippen molar-refractivity contribution >= 4 is 27.7 Å². The lowest BCUT2D eigenvalue weighted by Crippen LogP contribution is -2.31. The summed E-state index contributed by atoms with van der Waals surface area (Å²) in [7, 11) is 0. The number of benzene rings is 1. The van der Waals surface area contributed by atoms with Crippen molar-refractivity contribution in [2.75, 3.05) is 5.75 Å². The molecule has 3 N–H and O–H groups in total. The van der Waals surface area contributed by atoms with Gasteiger partial charge in [-0.25, -0.2) is 10.4 Å². The molecule has 1 unspecified atom stereocenters. The van der Waals surface area contributed by atoms with Gasteiger partial charge in [0, 0.05) is 34.1 Å². The fraction of sp³-hybridized carbons (Fsp3) is 0.308. The molecule has 0 radical (unpaired) electrons. The van der Waals surface area contributed by atoms with Crippen LogP contribution in [-0.4, -0.2) is 15.3 Å². The average Bonchev–Trinajstić information content (AvgIpc) is 2.90. The number of aryl methyl sites for hydroxylation is 1. The number of hydrazine groups is 1. The van der Waals surface area contributed by atoms with E-state index in [2.05, 4.69) is 50.0 Å². The summed E-state index contributed by atoms with van der Waals surface area (Å²) in [6.45, 7) is 3.00. The molecule has 6 heteroatoms. The predicted molar refractivity (Wildman–Crippen MR) is 82.8 cm³/mol. The normalized spacial score (nSPS) is 12.6. The first-order valence-corrected chi connectivity index (χ1v) is 7.88. The number of halogens is 1. The van der Waals surface area contributed by atoms with Crippen LogP contribution < -0.4 is 11.3 Å². The molecule has 0 aliphatic rings. The Bertz CT molecular complexity index is 512. The summed E-state index contributed by atoms with van der Waals surface area (Å²) in [5.41, 5.74) is 2.85. The van der Waals surface area contributed by atoms with Gasteiger partial charge in [-0.2, -0.15) is 0 Å². The largest absolute Gasteiger partial charge is 0.334 e. The molecule has 2 rings (SSSR count). The smallest absolute Gasteiger partial charge is 0.128 e. The zero-order chi connectivity index (χ0) is 13.7. The minimum Gasteiger partial charge on any atom is -0.334 e. The quantitative estimate of drug-likeness (QED) is 0.482. The standard InChI is InChI=1S/C13H17BrN4S/c1-2-18-8-7-16-13(18)12(17-15)9-19-11-5-3-10(14)4-6-11/h3-8,12,17H,2,9,15H2,1H3. The third-order valence-corrected chi connectivity index (χ3v) is 4.47. The molecule has 1 atom stereocenters. The third kappa shape index (κ3) is 3.82. The SMILES string of the molecule is CCn1ccnc1C(CSc1ccc(Br)cc1)NN. The molecule has 0 bridgehead atoms. The van der Waals surface area contributed by atoms with Crippen LogP contribution >= 0.6 is 27.7 Å². The van der Waals surface area contributed by atoms with E-state index in [9.17, 15) is 0 Å². The zero-order valence-electron chi connectivity index (χ0n) is 10.7. The molecule has 0 aliphatic carbocycles. The van der Waals surface area contributed by atoms with E-state index >= 15 is 0 Å². The maximum Gasteiger partial charge on any atom is 0.128 e. The first-order chi connectivity index (χ1) is 9.24. The number of hydrogen-bond donors (Lipinski definition) is 2. The Morgan fingerprint density at radius 3 is 2.79 bits per heavy atom. The van der Waals surface area contributed by atoms with Crippen LogP contribution in [0, 0.1) is 0 Å². The highest BCUT2D eigenvalue weighted by molar-refractivity contribution is 9.10. The van der Waals surface area contributed by atoms with Gasteiger partial charge in [0.05, 0.1) is 6.04 Å². The maximum atomic E-state index is 5.65. The molecule has 0 fully saturated rings. The molecule has 0 spiro atoms. The lowest BCUT2D eigenvalue weighted by molar-refractivity contribution is 0.540. The Kier molecular flexibility index (Phi) is 5.45. The Labute approximate surface area is 125 Å². The van der Waals surface area contributed by atoms with Crippen molar-refractivity contribution in [2.24, 2.45) is 5.84 Å². The zero-order valence-corrected chi connectivity index (χ0v) is 13.1. The fourth-order valence-electron chi connectivity index (χ4n) is 1.81. The van der Waals surface area contributed by atoms with Crippen LogP contribution in [-0.2, 0) is 6.54 Å². The highest BCUT2D eigenvalue weighted by Crippen LogP contribution is 2.25. The van der Waals surface area contributed by atoms with Crippen molar-refractivity contribution < 1.29 is 0 Å². The van der Waals surface area contributed by atoms with Crippen LogP contribution in [0.2, 0.25) is 0 Å². The fourth-order valence-corrected chi connectivity index (χ4v) is 3.00. The van der Waals surface area contributed by atoms with Crippen LogP contribution in [0.5, 0.6) is 0 Å². The molecule has 0 saturated heterocycles. The molecule has 0 aliphatic heterocycles. The van der Waals surface area contributed by atoms with Crippen LogP contribution in [0.25, 0.3) is 0 Å². The Balaban J connectivity index is 2.02. The van der Waals surface area contributed by atoms with Gasteiger partial charge >= 0.3 is 0 Å². The summed E-state index contributed by atoms with van der Waals surface area (Å²) >= 11 is 5.20. The van der Waals surface area contributed by atoms with E-state index in [4.69, 9.17) is 5.84 Å². The van der Waals surface area contributed by atoms with Gasteiger partial charge in [0.2, 0.25) is 0 Å². The Morgan fingerprint density at radius 1 is 1.42 bits per heavy atom.